The number of benzene rings is 2. The lowest BCUT2D eigenvalue weighted by molar-refractivity contribution is 0.318. The van der Waals surface area contributed by atoms with Crippen LogP contribution in [0, 0.1) is 0 Å². The first kappa shape index (κ1) is 13.2. The van der Waals surface area contributed by atoms with Gasteiger partial charge in [-0.05, 0) is 46.9 Å². The quantitative estimate of drug-likeness (QED) is 0.677. The summed E-state index contributed by atoms with van der Waals surface area (Å²) in [6.45, 7) is 0.420. The summed E-state index contributed by atoms with van der Waals surface area (Å²) in [5.41, 5.74) is 4.86. The van der Waals surface area contributed by atoms with E-state index in [1.54, 1.807) is 0 Å². The van der Waals surface area contributed by atoms with Gasteiger partial charge in [-0.3, -0.25) is 0 Å². The minimum absolute atomic E-state index is 0.165. The van der Waals surface area contributed by atoms with Gasteiger partial charge in [-0.25, -0.2) is 8.42 Å². The van der Waals surface area contributed by atoms with Crippen LogP contribution in [0.2, 0.25) is 0 Å². The van der Waals surface area contributed by atoms with Crippen molar-refractivity contribution < 1.29 is 13.2 Å². The fourth-order valence-corrected chi connectivity index (χ4v) is 3.11. The van der Waals surface area contributed by atoms with Gasteiger partial charge in [0.25, 0.3) is 0 Å². The molecule has 1 aliphatic carbocycles. The second-order valence-electron chi connectivity index (χ2n) is 5.12. The molecule has 0 saturated carbocycles. The fraction of sp³-hybridized carbons (Fsp3) is 0.250. The Hall–Kier alpha value is -1.81. The van der Waals surface area contributed by atoms with Gasteiger partial charge in [0.2, 0.25) is 0 Å². The Morgan fingerprint density at radius 1 is 1.00 bits per heavy atom. The number of sulfone groups is 1. The Morgan fingerprint density at radius 3 is 2.50 bits per heavy atom. The summed E-state index contributed by atoms with van der Waals surface area (Å²) in [5.74, 6) is 0.957. The van der Waals surface area contributed by atoms with E-state index < -0.39 is 9.84 Å². The van der Waals surface area contributed by atoms with Crippen molar-refractivity contribution in [3.63, 3.8) is 0 Å². The largest absolute Gasteiger partial charge is 0.494 e. The Balaban J connectivity index is 1.69. The molecule has 0 fully saturated rings. The maximum Gasteiger partial charge on any atom is 0.147 e. The Kier molecular flexibility index (Phi) is 3.26. The van der Waals surface area contributed by atoms with Crippen molar-refractivity contribution >= 4 is 9.84 Å². The molecule has 3 rings (SSSR count). The summed E-state index contributed by atoms with van der Waals surface area (Å²) < 4.78 is 27.7. The lowest BCUT2D eigenvalue weighted by Gasteiger charge is -2.08. The minimum atomic E-state index is -2.91. The molecule has 0 aromatic heterocycles. The Morgan fingerprint density at radius 2 is 1.75 bits per heavy atom. The lowest BCUT2D eigenvalue weighted by atomic mass is 10.1. The first-order chi connectivity index (χ1) is 9.53. The summed E-state index contributed by atoms with van der Waals surface area (Å²) in [4.78, 5) is 0. The zero-order chi connectivity index (χ0) is 14.2. The predicted molar refractivity (Wildman–Crippen MR) is 80.7 cm³/mol. The lowest BCUT2D eigenvalue weighted by Crippen LogP contribution is -2.07. The molecule has 0 N–H and O–H groups in total. The number of hydrogen-bond donors (Lipinski definition) is 0. The minimum Gasteiger partial charge on any atom is -0.494 e. The van der Waals surface area contributed by atoms with Crippen LogP contribution in [-0.2, 0) is 9.84 Å². The van der Waals surface area contributed by atoms with E-state index in [2.05, 4.69) is 30.3 Å². The van der Waals surface area contributed by atoms with Crippen LogP contribution in [0.25, 0.3) is 22.3 Å². The third-order valence-electron chi connectivity index (χ3n) is 3.40. The standard InChI is InChI=1S/C16H16O3S/c1-20(17,18)9-3-8-19-14-6-7-15-12-4-2-5-13(10-12)16(15)11-14/h2,4-7,10-11H,3,8-9H2,1H3. The van der Waals surface area contributed by atoms with Crippen molar-refractivity contribution in [3.8, 4) is 28.0 Å². The second kappa shape index (κ2) is 4.94. The van der Waals surface area contributed by atoms with Gasteiger partial charge in [0.15, 0.2) is 0 Å². The summed E-state index contributed by atoms with van der Waals surface area (Å²) in [7, 11) is -2.91. The van der Waals surface area contributed by atoms with E-state index >= 15 is 0 Å². The first-order valence-corrected chi connectivity index (χ1v) is 8.64. The molecule has 0 amide bonds. The monoisotopic (exact) mass is 288 g/mol. The Bertz CT molecular complexity index is 748. The second-order valence-corrected chi connectivity index (χ2v) is 7.38. The van der Waals surface area contributed by atoms with Crippen molar-refractivity contribution in [1.82, 2.24) is 0 Å². The molecule has 2 aromatic carbocycles. The van der Waals surface area contributed by atoms with Crippen molar-refractivity contribution in [2.75, 3.05) is 18.6 Å². The summed E-state index contributed by atoms with van der Waals surface area (Å²) in [6, 6.07) is 14.4. The smallest absolute Gasteiger partial charge is 0.147 e. The Labute approximate surface area is 119 Å². The van der Waals surface area contributed by atoms with Crippen molar-refractivity contribution in [2.45, 2.75) is 6.42 Å². The van der Waals surface area contributed by atoms with Gasteiger partial charge >= 0.3 is 0 Å². The molecule has 0 atom stereocenters. The maximum absolute atomic E-state index is 11.0. The average Bonchev–Trinajstić information content (AvgIpc) is 2.65. The molecule has 104 valence electrons. The molecule has 2 bridgehead atoms. The zero-order valence-electron chi connectivity index (χ0n) is 11.3. The van der Waals surface area contributed by atoms with E-state index in [4.69, 9.17) is 4.74 Å². The molecule has 20 heavy (non-hydrogen) atoms. The van der Waals surface area contributed by atoms with Crippen LogP contribution in [0.1, 0.15) is 6.42 Å². The summed E-state index contributed by atoms with van der Waals surface area (Å²) >= 11 is 0. The van der Waals surface area contributed by atoms with Crippen molar-refractivity contribution in [2.24, 2.45) is 0 Å². The number of fused-ring (bicyclic) bond motifs is 5. The highest BCUT2D eigenvalue weighted by atomic mass is 32.2. The average molecular weight is 288 g/mol. The third-order valence-corrected chi connectivity index (χ3v) is 4.43. The van der Waals surface area contributed by atoms with Gasteiger partial charge in [0.05, 0.1) is 12.4 Å². The van der Waals surface area contributed by atoms with Crippen LogP contribution >= 0.6 is 0 Å². The molecular weight excluding hydrogens is 272 g/mol. The number of hydrogen-bond acceptors (Lipinski definition) is 3. The molecule has 0 radical (unpaired) electrons. The summed E-state index contributed by atoms with van der Waals surface area (Å²) in [6.07, 6.45) is 1.76. The molecule has 4 heteroatoms. The zero-order valence-corrected chi connectivity index (χ0v) is 12.1. The van der Waals surface area contributed by atoms with Crippen LogP contribution in [0.15, 0.2) is 42.5 Å². The van der Waals surface area contributed by atoms with Gasteiger partial charge in [-0.2, -0.15) is 0 Å². The molecule has 0 aliphatic heterocycles. The molecule has 1 aliphatic rings. The normalized spacial score (nSPS) is 12.2. The molecule has 0 saturated heterocycles. The van der Waals surface area contributed by atoms with Gasteiger partial charge < -0.3 is 4.74 Å². The number of rotatable bonds is 5. The third kappa shape index (κ3) is 2.70. The number of ether oxygens (including phenoxy) is 1. The van der Waals surface area contributed by atoms with Gasteiger partial charge in [0.1, 0.15) is 15.6 Å². The van der Waals surface area contributed by atoms with Gasteiger partial charge in [0, 0.05) is 6.26 Å². The molecule has 0 unspecified atom stereocenters. The van der Waals surface area contributed by atoms with E-state index in [9.17, 15) is 8.42 Å². The van der Waals surface area contributed by atoms with Crippen LogP contribution < -0.4 is 4.74 Å². The van der Waals surface area contributed by atoms with Crippen LogP contribution in [0.5, 0.6) is 5.75 Å². The topological polar surface area (TPSA) is 43.4 Å². The molecule has 2 aromatic rings. The van der Waals surface area contributed by atoms with E-state index in [1.165, 1.54) is 28.5 Å². The van der Waals surface area contributed by atoms with Gasteiger partial charge in [-0.1, -0.05) is 24.3 Å². The highest BCUT2D eigenvalue weighted by molar-refractivity contribution is 7.90. The first-order valence-electron chi connectivity index (χ1n) is 6.58. The predicted octanol–water partition coefficient (Wildman–Crippen LogP) is 3.15. The molecule has 3 nitrogen and oxygen atoms in total. The van der Waals surface area contributed by atoms with E-state index in [0.717, 1.165) is 5.75 Å². The van der Waals surface area contributed by atoms with Crippen LogP contribution in [0.3, 0.4) is 0 Å². The molecular formula is C16H16O3S. The van der Waals surface area contributed by atoms with E-state index in [1.807, 2.05) is 12.1 Å². The summed E-state index contributed by atoms with van der Waals surface area (Å²) in [5, 5.41) is 0. The molecule has 0 spiro atoms. The SMILES string of the molecule is CS(=O)(=O)CCCOc1ccc2c(c1)-c1cccc-2c1. The van der Waals surface area contributed by atoms with Gasteiger partial charge in [-0.15, -0.1) is 0 Å². The molecule has 0 heterocycles. The van der Waals surface area contributed by atoms with Crippen LogP contribution in [-0.4, -0.2) is 27.0 Å². The highest BCUT2D eigenvalue weighted by Gasteiger charge is 2.15. The van der Waals surface area contributed by atoms with Crippen molar-refractivity contribution in [3.05, 3.63) is 42.5 Å². The van der Waals surface area contributed by atoms with E-state index in [-0.39, 0.29) is 5.75 Å². The van der Waals surface area contributed by atoms with Crippen LogP contribution in [0.4, 0.5) is 0 Å². The van der Waals surface area contributed by atoms with E-state index in [0.29, 0.717) is 13.0 Å². The maximum atomic E-state index is 11.0. The highest BCUT2D eigenvalue weighted by Crippen LogP contribution is 2.41. The fourth-order valence-electron chi connectivity index (χ4n) is 2.47. The van der Waals surface area contributed by atoms with Crippen molar-refractivity contribution in [1.29, 1.82) is 0 Å².